The van der Waals surface area contributed by atoms with Crippen molar-refractivity contribution in [3.8, 4) is 0 Å². The van der Waals surface area contributed by atoms with Gasteiger partial charge in [0.05, 0.1) is 5.92 Å². The number of hydrogen-bond acceptors (Lipinski definition) is 1. The molecule has 0 saturated carbocycles. The first-order valence-electron chi connectivity index (χ1n) is 6.94. The van der Waals surface area contributed by atoms with Crippen molar-refractivity contribution < 1.29 is 9.90 Å². The Hall–Kier alpha value is -1.31. The molecular formula is C16H24O2. The third-order valence-electron chi connectivity index (χ3n) is 3.31. The molecule has 100 valence electrons. The normalized spacial score (nSPS) is 12.3. The second-order valence-electron chi connectivity index (χ2n) is 5.07. The molecule has 0 spiro atoms. The predicted molar refractivity (Wildman–Crippen MR) is 74.8 cm³/mol. The smallest absolute Gasteiger partial charge is 0.306 e. The van der Waals surface area contributed by atoms with Crippen LogP contribution in [-0.2, 0) is 17.6 Å². The molecule has 2 nitrogen and oxygen atoms in total. The van der Waals surface area contributed by atoms with Gasteiger partial charge in [-0.25, -0.2) is 0 Å². The number of aliphatic carboxylic acids is 1. The fourth-order valence-electron chi connectivity index (χ4n) is 2.04. The SMILES string of the molecule is CCCCCCc1ccc(C[C@@H](C)C(=O)O)cc1. The molecule has 0 radical (unpaired) electrons. The van der Waals surface area contributed by atoms with E-state index in [1.54, 1.807) is 6.92 Å². The van der Waals surface area contributed by atoms with E-state index in [0.717, 1.165) is 12.0 Å². The molecule has 1 N–H and O–H groups in total. The van der Waals surface area contributed by atoms with Crippen LogP contribution in [0.1, 0.15) is 50.7 Å². The lowest BCUT2D eigenvalue weighted by atomic mass is 9.99. The van der Waals surface area contributed by atoms with Crippen molar-refractivity contribution >= 4 is 5.97 Å². The van der Waals surface area contributed by atoms with E-state index in [0.29, 0.717) is 6.42 Å². The highest BCUT2D eigenvalue weighted by Gasteiger charge is 2.11. The molecule has 1 aromatic carbocycles. The number of benzene rings is 1. The third kappa shape index (κ3) is 5.35. The molecule has 0 heterocycles. The minimum atomic E-state index is -0.723. The summed E-state index contributed by atoms with van der Waals surface area (Å²) in [6, 6.07) is 8.40. The number of carboxylic acids is 1. The summed E-state index contributed by atoms with van der Waals surface area (Å²) in [4.78, 5) is 10.8. The summed E-state index contributed by atoms with van der Waals surface area (Å²) in [5.74, 6) is -1.03. The molecule has 0 amide bonds. The Balaban J connectivity index is 2.40. The van der Waals surface area contributed by atoms with Crippen molar-refractivity contribution in [3.05, 3.63) is 35.4 Å². The highest BCUT2D eigenvalue weighted by atomic mass is 16.4. The maximum atomic E-state index is 10.8. The van der Waals surface area contributed by atoms with E-state index in [9.17, 15) is 4.79 Å². The molecule has 0 aliphatic rings. The minimum absolute atomic E-state index is 0.305. The van der Waals surface area contributed by atoms with Gasteiger partial charge >= 0.3 is 5.97 Å². The van der Waals surface area contributed by atoms with Gasteiger partial charge in [-0.3, -0.25) is 4.79 Å². The summed E-state index contributed by atoms with van der Waals surface area (Å²) in [5, 5.41) is 8.86. The Kier molecular flexibility index (Phi) is 6.48. The Morgan fingerprint density at radius 2 is 1.72 bits per heavy atom. The fourth-order valence-corrected chi connectivity index (χ4v) is 2.04. The minimum Gasteiger partial charge on any atom is -0.481 e. The molecule has 0 unspecified atom stereocenters. The van der Waals surface area contributed by atoms with E-state index in [1.165, 1.54) is 31.2 Å². The van der Waals surface area contributed by atoms with Crippen LogP contribution in [-0.4, -0.2) is 11.1 Å². The van der Waals surface area contributed by atoms with Gasteiger partial charge in [0, 0.05) is 0 Å². The largest absolute Gasteiger partial charge is 0.481 e. The van der Waals surface area contributed by atoms with Gasteiger partial charge in [0.1, 0.15) is 0 Å². The van der Waals surface area contributed by atoms with E-state index in [1.807, 2.05) is 0 Å². The number of rotatable bonds is 8. The highest BCUT2D eigenvalue weighted by Crippen LogP contribution is 2.13. The van der Waals surface area contributed by atoms with Gasteiger partial charge in [-0.05, 0) is 30.4 Å². The summed E-state index contributed by atoms with van der Waals surface area (Å²) in [5.41, 5.74) is 2.47. The zero-order chi connectivity index (χ0) is 13.4. The molecule has 1 atom stereocenters. The number of carboxylic acid groups (broad SMARTS) is 1. The topological polar surface area (TPSA) is 37.3 Å². The Morgan fingerprint density at radius 3 is 2.28 bits per heavy atom. The fraction of sp³-hybridized carbons (Fsp3) is 0.562. The predicted octanol–water partition coefficient (Wildman–Crippen LogP) is 4.07. The van der Waals surface area contributed by atoms with Crippen LogP contribution in [0.5, 0.6) is 0 Å². The van der Waals surface area contributed by atoms with Crippen LogP contribution in [0.2, 0.25) is 0 Å². The van der Waals surface area contributed by atoms with Gasteiger partial charge < -0.3 is 5.11 Å². The quantitative estimate of drug-likeness (QED) is 0.704. The summed E-state index contributed by atoms with van der Waals surface area (Å²) >= 11 is 0. The summed E-state index contributed by atoms with van der Waals surface area (Å²) in [6.45, 7) is 3.97. The summed E-state index contributed by atoms with van der Waals surface area (Å²) in [6.07, 6.45) is 6.88. The maximum absolute atomic E-state index is 10.8. The van der Waals surface area contributed by atoms with Crippen molar-refractivity contribution in [1.82, 2.24) is 0 Å². The molecular weight excluding hydrogens is 224 g/mol. The first-order valence-corrected chi connectivity index (χ1v) is 6.94. The summed E-state index contributed by atoms with van der Waals surface area (Å²) in [7, 11) is 0. The number of aryl methyl sites for hydroxylation is 1. The number of hydrogen-bond donors (Lipinski definition) is 1. The number of carbonyl (C=O) groups is 1. The van der Waals surface area contributed by atoms with Crippen molar-refractivity contribution in [2.24, 2.45) is 5.92 Å². The van der Waals surface area contributed by atoms with Crippen molar-refractivity contribution in [3.63, 3.8) is 0 Å². The number of unbranched alkanes of at least 4 members (excludes halogenated alkanes) is 3. The Labute approximate surface area is 110 Å². The molecule has 1 rings (SSSR count). The zero-order valence-electron chi connectivity index (χ0n) is 11.5. The molecule has 0 aliphatic carbocycles. The van der Waals surface area contributed by atoms with E-state index in [2.05, 4.69) is 31.2 Å². The second kappa shape index (κ2) is 7.91. The van der Waals surface area contributed by atoms with Crippen LogP contribution in [0.3, 0.4) is 0 Å². The standard InChI is InChI=1S/C16H24O2/c1-3-4-5-6-7-14-8-10-15(11-9-14)12-13(2)16(17)18/h8-11,13H,3-7,12H2,1-2H3,(H,17,18)/t13-/m1/s1. The lowest BCUT2D eigenvalue weighted by Crippen LogP contribution is -2.12. The third-order valence-corrected chi connectivity index (χ3v) is 3.31. The van der Waals surface area contributed by atoms with Gasteiger partial charge in [0.25, 0.3) is 0 Å². The van der Waals surface area contributed by atoms with Crippen LogP contribution < -0.4 is 0 Å². The average molecular weight is 248 g/mol. The van der Waals surface area contributed by atoms with Gasteiger partial charge in [0.15, 0.2) is 0 Å². The molecule has 0 aromatic heterocycles. The van der Waals surface area contributed by atoms with E-state index < -0.39 is 5.97 Å². The van der Waals surface area contributed by atoms with Crippen LogP contribution in [0, 0.1) is 5.92 Å². The van der Waals surface area contributed by atoms with Crippen molar-refractivity contribution in [2.75, 3.05) is 0 Å². The molecule has 0 aliphatic heterocycles. The highest BCUT2D eigenvalue weighted by molar-refractivity contribution is 5.69. The summed E-state index contributed by atoms with van der Waals surface area (Å²) < 4.78 is 0. The van der Waals surface area contributed by atoms with Crippen molar-refractivity contribution in [2.45, 2.75) is 52.4 Å². The van der Waals surface area contributed by atoms with E-state index >= 15 is 0 Å². The van der Waals surface area contributed by atoms with Crippen LogP contribution in [0.15, 0.2) is 24.3 Å². The zero-order valence-corrected chi connectivity index (χ0v) is 11.5. The molecule has 2 heteroatoms. The van der Waals surface area contributed by atoms with E-state index in [-0.39, 0.29) is 5.92 Å². The molecule has 1 aromatic rings. The average Bonchev–Trinajstić information content (AvgIpc) is 2.36. The second-order valence-corrected chi connectivity index (χ2v) is 5.07. The van der Waals surface area contributed by atoms with Crippen LogP contribution >= 0.6 is 0 Å². The molecule has 18 heavy (non-hydrogen) atoms. The Morgan fingerprint density at radius 1 is 1.11 bits per heavy atom. The van der Waals surface area contributed by atoms with E-state index in [4.69, 9.17) is 5.11 Å². The van der Waals surface area contributed by atoms with Crippen LogP contribution in [0.4, 0.5) is 0 Å². The molecule has 0 fully saturated rings. The van der Waals surface area contributed by atoms with Gasteiger partial charge in [-0.1, -0.05) is 57.4 Å². The lowest BCUT2D eigenvalue weighted by molar-refractivity contribution is -0.141. The maximum Gasteiger partial charge on any atom is 0.306 e. The molecule has 0 saturated heterocycles. The van der Waals surface area contributed by atoms with Gasteiger partial charge in [-0.2, -0.15) is 0 Å². The first-order chi connectivity index (χ1) is 8.63. The Bertz CT molecular complexity index is 354. The monoisotopic (exact) mass is 248 g/mol. The first kappa shape index (κ1) is 14.7. The molecule has 0 bridgehead atoms. The lowest BCUT2D eigenvalue weighted by Gasteiger charge is -2.07. The van der Waals surface area contributed by atoms with Crippen molar-refractivity contribution in [1.29, 1.82) is 0 Å². The van der Waals surface area contributed by atoms with Gasteiger partial charge in [-0.15, -0.1) is 0 Å². The van der Waals surface area contributed by atoms with Gasteiger partial charge in [0.2, 0.25) is 0 Å². The van der Waals surface area contributed by atoms with Crippen LogP contribution in [0.25, 0.3) is 0 Å².